The van der Waals surface area contributed by atoms with Crippen LogP contribution in [0.4, 0.5) is 4.39 Å². The first-order chi connectivity index (χ1) is 7.53. The smallest absolute Gasteiger partial charge is 0.237 e. The molecule has 1 aromatic rings. The summed E-state index contributed by atoms with van der Waals surface area (Å²) in [6.45, 7) is 1.64. The Morgan fingerprint density at radius 3 is 2.65 bits per heavy atom. The third-order valence-corrected chi connectivity index (χ3v) is 2.90. The van der Waals surface area contributed by atoms with Crippen LogP contribution in [0.1, 0.15) is 25.3 Å². The number of nitrogens with one attached hydrogen (secondary N) is 1. The first kappa shape index (κ1) is 13.9. The molecule has 0 aromatic heterocycles. The fourth-order valence-corrected chi connectivity index (χ4v) is 1.75. The largest absolute Gasteiger partial charge is 0.345 e. The van der Waals surface area contributed by atoms with Gasteiger partial charge in [0.1, 0.15) is 5.82 Å². The van der Waals surface area contributed by atoms with Crippen LogP contribution in [0.5, 0.6) is 0 Å². The molecule has 3 nitrogen and oxygen atoms in total. The molecule has 1 fully saturated rings. The fourth-order valence-electron chi connectivity index (χ4n) is 1.75. The summed E-state index contributed by atoms with van der Waals surface area (Å²) in [5, 5.41) is 2.88. The quantitative estimate of drug-likeness (QED) is 0.867. The molecule has 1 aliphatic rings. The monoisotopic (exact) mass is 258 g/mol. The maximum Gasteiger partial charge on any atom is 0.237 e. The Labute approximate surface area is 106 Å². The van der Waals surface area contributed by atoms with Crippen molar-refractivity contribution in [2.75, 3.05) is 0 Å². The van der Waals surface area contributed by atoms with Gasteiger partial charge in [-0.25, -0.2) is 4.39 Å². The van der Waals surface area contributed by atoms with Crippen molar-refractivity contribution in [3.8, 4) is 0 Å². The van der Waals surface area contributed by atoms with Crippen molar-refractivity contribution in [2.24, 2.45) is 5.73 Å². The molecule has 0 unspecified atom stereocenters. The highest BCUT2D eigenvalue weighted by atomic mass is 35.5. The molecule has 17 heavy (non-hydrogen) atoms. The van der Waals surface area contributed by atoms with Crippen molar-refractivity contribution in [1.29, 1.82) is 0 Å². The van der Waals surface area contributed by atoms with E-state index in [4.69, 9.17) is 5.73 Å². The van der Waals surface area contributed by atoms with E-state index in [0.29, 0.717) is 0 Å². The van der Waals surface area contributed by atoms with Crippen LogP contribution >= 0.6 is 12.4 Å². The zero-order valence-electron chi connectivity index (χ0n) is 9.57. The van der Waals surface area contributed by atoms with Gasteiger partial charge >= 0.3 is 0 Å². The summed E-state index contributed by atoms with van der Waals surface area (Å²) < 4.78 is 13.1. The summed E-state index contributed by atoms with van der Waals surface area (Å²) in [4.78, 5) is 11.5. The van der Waals surface area contributed by atoms with Gasteiger partial charge in [-0.05, 0) is 37.5 Å². The van der Waals surface area contributed by atoms with E-state index in [0.717, 1.165) is 18.4 Å². The highest BCUT2D eigenvalue weighted by molar-refractivity contribution is 5.85. The molecular formula is C12H16ClFN2O. The summed E-state index contributed by atoms with van der Waals surface area (Å²) in [5.74, 6) is -0.472. The maximum absolute atomic E-state index is 13.1. The molecule has 1 aliphatic carbocycles. The molecule has 1 aromatic carbocycles. The number of halogens is 2. The number of amides is 1. The van der Waals surface area contributed by atoms with Gasteiger partial charge in [0.05, 0.1) is 11.6 Å². The van der Waals surface area contributed by atoms with E-state index in [1.54, 1.807) is 13.0 Å². The Bertz CT molecular complexity index is 419. The average Bonchev–Trinajstić information content (AvgIpc) is 2.99. The molecule has 5 heteroatoms. The number of hydrogen-bond donors (Lipinski definition) is 2. The second-order valence-corrected chi connectivity index (χ2v) is 4.37. The summed E-state index contributed by atoms with van der Waals surface area (Å²) in [6, 6.07) is 5.81. The molecule has 3 N–H and O–H groups in total. The van der Waals surface area contributed by atoms with Gasteiger partial charge in [-0.3, -0.25) is 4.79 Å². The van der Waals surface area contributed by atoms with Crippen molar-refractivity contribution >= 4 is 18.3 Å². The van der Waals surface area contributed by atoms with E-state index in [1.165, 1.54) is 12.1 Å². The Balaban J connectivity index is 0.00000144. The third-order valence-electron chi connectivity index (χ3n) is 2.90. The van der Waals surface area contributed by atoms with Crippen LogP contribution in [0.3, 0.4) is 0 Å². The highest BCUT2D eigenvalue weighted by Crippen LogP contribution is 2.45. The third kappa shape index (κ3) is 2.96. The number of benzene rings is 1. The zero-order chi connectivity index (χ0) is 11.8. The van der Waals surface area contributed by atoms with Gasteiger partial charge in [-0.2, -0.15) is 0 Å². The zero-order valence-corrected chi connectivity index (χ0v) is 10.4. The molecule has 1 saturated carbocycles. The first-order valence-electron chi connectivity index (χ1n) is 5.37. The Morgan fingerprint density at radius 1 is 1.53 bits per heavy atom. The van der Waals surface area contributed by atoms with E-state index in [-0.39, 0.29) is 29.7 Å². The number of nitrogens with two attached hydrogens (primary N) is 1. The summed E-state index contributed by atoms with van der Waals surface area (Å²) in [5.41, 5.74) is 5.93. The Morgan fingerprint density at radius 2 is 2.18 bits per heavy atom. The molecule has 1 amide bonds. The van der Waals surface area contributed by atoms with Crippen LogP contribution in [-0.4, -0.2) is 11.9 Å². The Kier molecular flexibility index (Phi) is 4.11. The van der Waals surface area contributed by atoms with Gasteiger partial charge in [0.2, 0.25) is 5.91 Å². The van der Waals surface area contributed by atoms with Crippen LogP contribution in [0, 0.1) is 5.82 Å². The van der Waals surface area contributed by atoms with Crippen molar-refractivity contribution < 1.29 is 9.18 Å². The van der Waals surface area contributed by atoms with Crippen LogP contribution in [0.2, 0.25) is 0 Å². The molecule has 0 bridgehead atoms. The molecule has 1 atom stereocenters. The lowest BCUT2D eigenvalue weighted by Gasteiger charge is -2.19. The Hall–Kier alpha value is -1.13. The second kappa shape index (κ2) is 5.02. The van der Waals surface area contributed by atoms with E-state index in [1.807, 2.05) is 6.07 Å². The number of rotatable bonds is 3. The minimum Gasteiger partial charge on any atom is -0.345 e. The number of carbonyl (C=O) groups is 1. The SMILES string of the molecule is C[C@@H](N)C(=O)NC1(c2cccc(F)c2)CC1.Cl. The molecule has 2 rings (SSSR count). The van der Waals surface area contributed by atoms with Crippen LogP contribution in [0.15, 0.2) is 24.3 Å². The van der Waals surface area contributed by atoms with Gasteiger partial charge in [0.15, 0.2) is 0 Å². The van der Waals surface area contributed by atoms with E-state index >= 15 is 0 Å². The van der Waals surface area contributed by atoms with Gasteiger partial charge in [0.25, 0.3) is 0 Å². The fraction of sp³-hybridized carbons (Fsp3) is 0.417. The lowest BCUT2D eigenvalue weighted by Crippen LogP contribution is -2.44. The van der Waals surface area contributed by atoms with E-state index in [2.05, 4.69) is 5.32 Å². The summed E-state index contributed by atoms with van der Waals surface area (Å²) >= 11 is 0. The van der Waals surface area contributed by atoms with E-state index in [9.17, 15) is 9.18 Å². The van der Waals surface area contributed by atoms with Gasteiger partial charge in [-0.15, -0.1) is 12.4 Å². The van der Waals surface area contributed by atoms with Crippen molar-refractivity contribution in [3.05, 3.63) is 35.6 Å². The molecule has 0 saturated heterocycles. The molecule has 0 heterocycles. The normalized spacial score (nSPS) is 17.8. The lowest BCUT2D eigenvalue weighted by molar-refractivity contribution is -0.123. The summed E-state index contributed by atoms with van der Waals surface area (Å²) in [7, 11) is 0. The highest BCUT2D eigenvalue weighted by Gasteiger charge is 2.46. The van der Waals surface area contributed by atoms with Gasteiger partial charge in [0, 0.05) is 0 Å². The van der Waals surface area contributed by atoms with Crippen LogP contribution < -0.4 is 11.1 Å². The van der Waals surface area contributed by atoms with Crippen molar-refractivity contribution in [2.45, 2.75) is 31.3 Å². The minimum atomic E-state index is -0.536. The van der Waals surface area contributed by atoms with Crippen LogP contribution in [-0.2, 0) is 10.3 Å². The molecule has 0 aliphatic heterocycles. The molecule has 0 spiro atoms. The predicted molar refractivity (Wildman–Crippen MR) is 66.4 cm³/mol. The first-order valence-corrected chi connectivity index (χ1v) is 5.37. The molecular weight excluding hydrogens is 243 g/mol. The van der Waals surface area contributed by atoms with Gasteiger partial charge in [-0.1, -0.05) is 12.1 Å². The van der Waals surface area contributed by atoms with Crippen molar-refractivity contribution in [3.63, 3.8) is 0 Å². The topological polar surface area (TPSA) is 55.1 Å². The second-order valence-electron chi connectivity index (χ2n) is 4.37. The van der Waals surface area contributed by atoms with E-state index < -0.39 is 6.04 Å². The van der Waals surface area contributed by atoms with Crippen molar-refractivity contribution in [1.82, 2.24) is 5.32 Å². The van der Waals surface area contributed by atoms with Crippen LogP contribution in [0.25, 0.3) is 0 Å². The molecule has 0 radical (unpaired) electrons. The maximum atomic E-state index is 13.1. The number of hydrogen-bond acceptors (Lipinski definition) is 2. The molecule has 94 valence electrons. The standard InChI is InChI=1S/C12H15FN2O.ClH/c1-8(14)11(16)15-12(5-6-12)9-3-2-4-10(13)7-9;/h2-4,7-8H,5-6,14H2,1H3,(H,15,16);1H/t8-;/m1./s1. The minimum absolute atomic E-state index is 0. The van der Waals surface area contributed by atoms with Gasteiger partial charge < -0.3 is 11.1 Å². The number of carbonyl (C=O) groups excluding carboxylic acids is 1. The average molecular weight is 259 g/mol. The lowest BCUT2D eigenvalue weighted by atomic mass is 10.0. The summed E-state index contributed by atoms with van der Waals surface area (Å²) in [6.07, 6.45) is 1.68. The predicted octanol–water partition coefficient (Wildman–Crippen LogP) is 1.70.